The van der Waals surface area contributed by atoms with E-state index in [0.29, 0.717) is 17.2 Å². The van der Waals surface area contributed by atoms with Crippen molar-refractivity contribution in [2.45, 2.75) is 45.6 Å². The van der Waals surface area contributed by atoms with Crippen LogP contribution in [0.2, 0.25) is 0 Å². The Hall–Kier alpha value is -1.84. The van der Waals surface area contributed by atoms with Crippen LogP contribution in [0.25, 0.3) is 0 Å². The highest BCUT2D eigenvalue weighted by molar-refractivity contribution is 5.96. The SMILES string of the molecule is CC(=O)Nc1cccc(C(=O)N[C@@H](C)[C@H]2C[C@H]3CC[C@H]2C3)c1. The fraction of sp³-hybridized carbons (Fsp3) is 0.556. The molecule has 0 spiro atoms. The number of anilines is 1. The van der Waals surface area contributed by atoms with Gasteiger partial charge in [-0.3, -0.25) is 9.59 Å². The Balaban J connectivity index is 1.63. The zero-order valence-corrected chi connectivity index (χ0v) is 13.3. The Morgan fingerprint density at radius 2 is 2.05 bits per heavy atom. The number of hydrogen-bond donors (Lipinski definition) is 2. The van der Waals surface area contributed by atoms with Crippen molar-refractivity contribution in [2.24, 2.45) is 17.8 Å². The minimum Gasteiger partial charge on any atom is -0.349 e. The van der Waals surface area contributed by atoms with Gasteiger partial charge >= 0.3 is 0 Å². The third-order valence-corrected chi connectivity index (χ3v) is 5.24. The maximum absolute atomic E-state index is 12.4. The van der Waals surface area contributed by atoms with Crippen molar-refractivity contribution in [1.82, 2.24) is 5.32 Å². The molecule has 0 aliphatic heterocycles. The molecular formula is C18H24N2O2. The van der Waals surface area contributed by atoms with Crippen molar-refractivity contribution < 1.29 is 9.59 Å². The largest absolute Gasteiger partial charge is 0.349 e. The maximum Gasteiger partial charge on any atom is 0.251 e. The summed E-state index contributed by atoms with van der Waals surface area (Å²) in [4.78, 5) is 23.5. The molecule has 2 amide bonds. The van der Waals surface area contributed by atoms with Crippen LogP contribution in [-0.2, 0) is 4.79 Å². The Labute approximate surface area is 131 Å². The first-order valence-electron chi connectivity index (χ1n) is 8.21. The van der Waals surface area contributed by atoms with E-state index < -0.39 is 0 Å². The van der Waals surface area contributed by atoms with Gasteiger partial charge in [-0.05, 0) is 62.1 Å². The molecule has 4 atom stereocenters. The average molecular weight is 300 g/mol. The van der Waals surface area contributed by atoms with Crippen LogP contribution in [0.3, 0.4) is 0 Å². The third kappa shape index (κ3) is 3.16. The molecule has 4 heteroatoms. The molecule has 4 nitrogen and oxygen atoms in total. The first-order chi connectivity index (χ1) is 10.5. The Kier molecular flexibility index (Phi) is 4.19. The maximum atomic E-state index is 12.4. The van der Waals surface area contributed by atoms with Crippen molar-refractivity contribution in [3.63, 3.8) is 0 Å². The molecule has 22 heavy (non-hydrogen) atoms. The van der Waals surface area contributed by atoms with E-state index in [0.717, 1.165) is 11.8 Å². The fourth-order valence-corrected chi connectivity index (χ4v) is 4.24. The number of benzene rings is 1. The molecule has 1 aromatic carbocycles. The van der Waals surface area contributed by atoms with Crippen LogP contribution < -0.4 is 10.6 Å². The van der Waals surface area contributed by atoms with Crippen LogP contribution in [0, 0.1) is 17.8 Å². The van der Waals surface area contributed by atoms with E-state index >= 15 is 0 Å². The van der Waals surface area contributed by atoms with Crippen molar-refractivity contribution in [3.8, 4) is 0 Å². The van der Waals surface area contributed by atoms with Gasteiger partial charge in [-0.2, -0.15) is 0 Å². The molecule has 3 rings (SSSR count). The van der Waals surface area contributed by atoms with Crippen LogP contribution in [0.15, 0.2) is 24.3 Å². The van der Waals surface area contributed by atoms with Crippen molar-refractivity contribution in [2.75, 3.05) is 5.32 Å². The van der Waals surface area contributed by atoms with Gasteiger partial charge in [0.2, 0.25) is 5.91 Å². The summed E-state index contributed by atoms with van der Waals surface area (Å²) in [6.07, 6.45) is 5.31. The molecular weight excluding hydrogens is 276 g/mol. The number of rotatable bonds is 4. The lowest BCUT2D eigenvalue weighted by molar-refractivity contribution is -0.114. The topological polar surface area (TPSA) is 58.2 Å². The molecule has 2 aliphatic carbocycles. The molecule has 2 N–H and O–H groups in total. The summed E-state index contributed by atoms with van der Waals surface area (Å²) < 4.78 is 0. The summed E-state index contributed by atoms with van der Waals surface area (Å²) >= 11 is 0. The normalized spacial score (nSPS) is 27.5. The standard InChI is InChI=1S/C18H24N2O2/c1-11(17-9-13-6-7-14(17)8-13)19-18(22)15-4-3-5-16(10-15)20-12(2)21/h3-5,10-11,13-14,17H,6-9H2,1-2H3,(H,19,22)(H,20,21)/t11-,13-,14-,17+/m0/s1. The first-order valence-corrected chi connectivity index (χ1v) is 8.21. The van der Waals surface area contributed by atoms with E-state index in [9.17, 15) is 9.59 Å². The van der Waals surface area contributed by atoms with E-state index in [4.69, 9.17) is 0 Å². The summed E-state index contributed by atoms with van der Waals surface area (Å²) in [5.74, 6) is 2.13. The number of hydrogen-bond acceptors (Lipinski definition) is 2. The van der Waals surface area contributed by atoms with Crippen LogP contribution in [-0.4, -0.2) is 17.9 Å². The first kappa shape index (κ1) is 15.1. The zero-order valence-electron chi connectivity index (χ0n) is 13.3. The molecule has 2 bridgehead atoms. The summed E-state index contributed by atoms with van der Waals surface area (Å²) in [7, 11) is 0. The molecule has 2 aliphatic rings. The van der Waals surface area contributed by atoms with Crippen LogP contribution in [0.4, 0.5) is 5.69 Å². The van der Waals surface area contributed by atoms with E-state index in [2.05, 4.69) is 17.6 Å². The van der Waals surface area contributed by atoms with E-state index in [1.165, 1.54) is 32.6 Å². The van der Waals surface area contributed by atoms with Gasteiger partial charge in [0, 0.05) is 24.2 Å². The summed E-state index contributed by atoms with van der Waals surface area (Å²) in [5, 5.41) is 5.86. The lowest BCUT2D eigenvalue weighted by Crippen LogP contribution is -2.40. The monoisotopic (exact) mass is 300 g/mol. The molecule has 118 valence electrons. The zero-order chi connectivity index (χ0) is 15.7. The predicted molar refractivity (Wildman–Crippen MR) is 86.6 cm³/mol. The highest BCUT2D eigenvalue weighted by Crippen LogP contribution is 2.49. The molecule has 0 unspecified atom stereocenters. The van der Waals surface area contributed by atoms with Gasteiger partial charge < -0.3 is 10.6 Å². The van der Waals surface area contributed by atoms with E-state index in [1.807, 2.05) is 0 Å². The fourth-order valence-electron chi connectivity index (χ4n) is 4.24. The van der Waals surface area contributed by atoms with Crippen molar-refractivity contribution in [1.29, 1.82) is 0 Å². The van der Waals surface area contributed by atoms with Gasteiger partial charge in [-0.1, -0.05) is 12.5 Å². The minimum atomic E-state index is -0.132. The van der Waals surface area contributed by atoms with Gasteiger partial charge in [0.1, 0.15) is 0 Å². The van der Waals surface area contributed by atoms with Gasteiger partial charge in [0.05, 0.1) is 0 Å². The highest BCUT2D eigenvalue weighted by Gasteiger charge is 2.42. The van der Waals surface area contributed by atoms with Crippen molar-refractivity contribution in [3.05, 3.63) is 29.8 Å². The Morgan fingerprint density at radius 1 is 1.23 bits per heavy atom. The number of nitrogens with one attached hydrogen (secondary N) is 2. The van der Waals surface area contributed by atoms with Crippen LogP contribution in [0.5, 0.6) is 0 Å². The van der Waals surface area contributed by atoms with E-state index in [1.54, 1.807) is 24.3 Å². The molecule has 2 fully saturated rings. The predicted octanol–water partition coefficient (Wildman–Crippen LogP) is 3.20. The number of amides is 2. The second kappa shape index (κ2) is 6.11. The summed E-state index contributed by atoms with van der Waals surface area (Å²) in [6.45, 7) is 3.59. The summed E-state index contributed by atoms with van der Waals surface area (Å²) in [5.41, 5.74) is 1.26. The van der Waals surface area contributed by atoms with Crippen LogP contribution >= 0.6 is 0 Å². The molecule has 0 heterocycles. The molecule has 0 aromatic heterocycles. The second-order valence-corrected chi connectivity index (χ2v) is 6.86. The highest BCUT2D eigenvalue weighted by atomic mass is 16.2. The number of carbonyl (C=O) groups is 2. The van der Waals surface area contributed by atoms with Gasteiger partial charge in [-0.15, -0.1) is 0 Å². The third-order valence-electron chi connectivity index (χ3n) is 5.24. The Morgan fingerprint density at radius 3 is 2.68 bits per heavy atom. The quantitative estimate of drug-likeness (QED) is 0.897. The second-order valence-electron chi connectivity index (χ2n) is 6.86. The molecule has 1 aromatic rings. The average Bonchev–Trinajstić information content (AvgIpc) is 3.09. The van der Waals surface area contributed by atoms with Gasteiger partial charge in [0.15, 0.2) is 0 Å². The van der Waals surface area contributed by atoms with Crippen LogP contribution in [0.1, 0.15) is 49.9 Å². The molecule has 2 saturated carbocycles. The Bertz CT molecular complexity index is 584. The smallest absolute Gasteiger partial charge is 0.251 e. The van der Waals surface area contributed by atoms with E-state index in [-0.39, 0.29) is 17.9 Å². The summed E-state index contributed by atoms with van der Waals surface area (Å²) in [6, 6.07) is 7.31. The lowest BCUT2D eigenvalue weighted by atomic mass is 9.84. The number of fused-ring (bicyclic) bond motifs is 2. The number of carbonyl (C=O) groups excluding carboxylic acids is 2. The molecule has 0 saturated heterocycles. The minimum absolute atomic E-state index is 0.0533. The van der Waals surface area contributed by atoms with Gasteiger partial charge in [-0.25, -0.2) is 0 Å². The lowest BCUT2D eigenvalue weighted by Gasteiger charge is -2.28. The molecule has 0 radical (unpaired) electrons. The van der Waals surface area contributed by atoms with Gasteiger partial charge in [0.25, 0.3) is 5.91 Å². The van der Waals surface area contributed by atoms with Crippen molar-refractivity contribution >= 4 is 17.5 Å².